The Labute approximate surface area is 475 Å². The average molecular weight is 1120 g/mol. The second-order valence-electron chi connectivity index (χ2n) is 24.1. The highest BCUT2D eigenvalue weighted by Gasteiger charge is 2.43. The van der Waals surface area contributed by atoms with Gasteiger partial charge in [-0.15, -0.1) is 0 Å². The minimum absolute atomic E-state index is 0.0905. The van der Waals surface area contributed by atoms with E-state index in [1.54, 1.807) is 0 Å². The standard InChI is InChI=1S/C62H92N4O14/c1-37(2)31-49-59(71)77-41(9)55(67)63(11)52(34-40(7)8)62(74)80-54(36-44-17-21-46(22-18-44)48-25-29-76-30-26-48)58(70)66(14)50(32-38(3)4)60(72)78-42(10)56(68)64(12)51(33-39(5)6)61(73)79-53(57(69)65(49)13)35-43-15-19-45(20-16-43)47-23-27-75-28-24-47/h15-22,37-42,47-54H,23-36H2,1-14H3/t41-,42-,49+,50+,51+,52+,53-,54-/m1/s1. The molecular formula is C62H92N4O14. The van der Waals surface area contributed by atoms with E-state index < -0.39 is 96.1 Å². The zero-order chi connectivity index (χ0) is 59.1. The lowest BCUT2D eigenvalue weighted by Gasteiger charge is -2.35. The van der Waals surface area contributed by atoms with Crippen molar-refractivity contribution in [2.75, 3.05) is 54.6 Å². The number of cyclic esters (lactones) is 4. The van der Waals surface area contributed by atoms with E-state index in [0.29, 0.717) is 49.4 Å². The van der Waals surface area contributed by atoms with Gasteiger partial charge in [0.25, 0.3) is 23.6 Å². The van der Waals surface area contributed by atoms with Crippen molar-refractivity contribution < 1.29 is 66.8 Å². The van der Waals surface area contributed by atoms with Crippen molar-refractivity contribution in [3.8, 4) is 0 Å². The molecule has 3 aliphatic heterocycles. The molecule has 2 aromatic rings. The maximum Gasteiger partial charge on any atom is 0.329 e. The van der Waals surface area contributed by atoms with Crippen LogP contribution in [0, 0.1) is 23.7 Å². The molecule has 4 amide bonds. The summed E-state index contributed by atoms with van der Waals surface area (Å²) in [5, 5.41) is 0. The minimum atomic E-state index is -1.50. The van der Waals surface area contributed by atoms with Gasteiger partial charge in [-0.3, -0.25) is 19.2 Å². The smallest absolute Gasteiger partial charge is 0.329 e. The van der Waals surface area contributed by atoms with Gasteiger partial charge in [-0.1, -0.05) is 104 Å². The third-order valence-corrected chi connectivity index (χ3v) is 15.7. The highest BCUT2D eigenvalue weighted by Crippen LogP contribution is 2.30. The number of ether oxygens (including phenoxy) is 6. The van der Waals surface area contributed by atoms with Crippen LogP contribution < -0.4 is 0 Å². The molecule has 8 atom stereocenters. The van der Waals surface area contributed by atoms with Crippen LogP contribution in [0.25, 0.3) is 0 Å². The van der Waals surface area contributed by atoms with E-state index in [1.165, 1.54) is 51.8 Å². The topological polar surface area (TPSA) is 205 Å². The van der Waals surface area contributed by atoms with Crippen LogP contribution in [0.1, 0.15) is 155 Å². The Hall–Kier alpha value is -5.88. The van der Waals surface area contributed by atoms with Crippen LogP contribution in [-0.4, -0.2) is 170 Å². The maximum absolute atomic E-state index is 15.0. The summed E-state index contributed by atoms with van der Waals surface area (Å²) in [5.41, 5.74) is 3.56. The number of nitrogens with zero attached hydrogens (tertiary/aromatic N) is 4. The van der Waals surface area contributed by atoms with Gasteiger partial charge in [0.2, 0.25) is 0 Å². The van der Waals surface area contributed by atoms with Gasteiger partial charge >= 0.3 is 23.9 Å². The van der Waals surface area contributed by atoms with Gasteiger partial charge in [-0.2, -0.15) is 0 Å². The Bertz CT molecular complexity index is 2210. The fourth-order valence-corrected chi connectivity index (χ4v) is 10.8. The lowest BCUT2D eigenvalue weighted by Crippen LogP contribution is -2.55. The molecule has 18 nitrogen and oxygen atoms in total. The average Bonchev–Trinajstić information content (AvgIpc) is 3.44. The highest BCUT2D eigenvalue weighted by molar-refractivity contribution is 5.94. The van der Waals surface area contributed by atoms with Gasteiger partial charge < -0.3 is 48.0 Å². The summed E-state index contributed by atoms with van der Waals surface area (Å²) in [6.07, 6.45) is -2.23. The van der Waals surface area contributed by atoms with Gasteiger partial charge in [0, 0.05) is 67.5 Å². The first-order chi connectivity index (χ1) is 37.8. The van der Waals surface area contributed by atoms with E-state index in [2.05, 4.69) is 0 Å². The van der Waals surface area contributed by atoms with Crippen LogP contribution in [0.5, 0.6) is 0 Å². The Kier molecular flexibility index (Phi) is 24.6. The number of esters is 4. The molecule has 0 aliphatic carbocycles. The molecular weight excluding hydrogens is 1020 g/mol. The number of hydrogen-bond donors (Lipinski definition) is 0. The van der Waals surface area contributed by atoms with Crippen molar-refractivity contribution in [2.45, 2.75) is 194 Å². The van der Waals surface area contributed by atoms with E-state index >= 15 is 9.59 Å². The van der Waals surface area contributed by atoms with Gasteiger partial charge in [-0.25, -0.2) is 19.2 Å². The number of benzene rings is 2. The third kappa shape index (κ3) is 18.1. The second kappa shape index (κ2) is 30.3. The molecule has 444 valence electrons. The molecule has 2 aromatic carbocycles. The van der Waals surface area contributed by atoms with E-state index in [-0.39, 0.29) is 62.2 Å². The maximum atomic E-state index is 15.0. The van der Waals surface area contributed by atoms with Crippen molar-refractivity contribution in [1.82, 2.24) is 19.6 Å². The largest absolute Gasteiger partial charge is 0.451 e. The highest BCUT2D eigenvalue weighted by atomic mass is 16.6. The van der Waals surface area contributed by atoms with Crippen LogP contribution >= 0.6 is 0 Å². The van der Waals surface area contributed by atoms with E-state index in [4.69, 9.17) is 28.4 Å². The second-order valence-corrected chi connectivity index (χ2v) is 24.1. The molecule has 0 saturated carbocycles. The van der Waals surface area contributed by atoms with Gasteiger partial charge in [0.1, 0.15) is 24.2 Å². The molecule has 0 spiro atoms. The number of carbonyl (C=O) groups excluding carboxylic acids is 8. The van der Waals surface area contributed by atoms with Crippen LogP contribution in [-0.2, 0) is 79.6 Å². The van der Waals surface area contributed by atoms with E-state index in [1.807, 2.05) is 104 Å². The molecule has 0 N–H and O–H groups in total. The molecule has 0 bridgehead atoms. The van der Waals surface area contributed by atoms with Crippen molar-refractivity contribution >= 4 is 47.5 Å². The van der Waals surface area contributed by atoms with Gasteiger partial charge in [0.15, 0.2) is 24.4 Å². The molecule has 0 unspecified atom stereocenters. The Morgan fingerprint density at radius 3 is 0.900 bits per heavy atom. The number of amides is 4. The fourth-order valence-electron chi connectivity index (χ4n) is 10.8. The van der Waals surface area contributed by atoms with Crippen LogP contribution in [0.2, 0.25) is 0 Å². The first-order valence-corrected chi connectivity index (χ1v) is 29.0. The van der Waals surface area contributed by atoms with Crippen molar-refractivity contribution in [3.05, 3.63) is 70.8 Å². The molecule has 0 radical (unpaired) electrons. The van der Waals surface area contributed by atoms with E-state index in [9.17, 15) is 28.8 Å². The summed E-state index contributed by atoms with van der Waals surface area (Å²) in [6, 6.07) is 10.4. The summed E-state index contributed by atoms with van der Waals surface area (Å²) in [7, 11) is 5.64. The predicted molar refractivity (Wildman–Crippen MR) is 301 cm³/mol. The van der Waals surface area contributed by atoms with Crippen LogP contribution in [0.15, 0.2) is 48.5 Å². The summed E-state index contributed by atoms with van der Waals surface area (Å²) in [5.74, 6) is -6.58. The van der Waals surface area contributed by atoms with Crippen LogP contribution in [0.3, 0.4) is 0 Å². The minimum Gasteiger partial charge on any atom is -0.451 e. The zero-order valence-corrected chi connectivity index (χ0v) is 50.1. The van der Waals surface area contributed by atoms with E-state index in [0.717, 1.165) is 46.6 Å². The van der Waals surface area contributed by atoms with Crippen molar-refractivity contribution in [2.24, 2.45) is 23.7 Å². The molecule has 0 aromatic heterocycles. The Morgan fingerprint density at radius 1 is 0.388 bits per heavy atom. The summed E-state index contributed by atoms with van der Waals surface area (Å²) < 4.78 is 35.4. The monoisotopic (exact) mass is 1120 g/mol. The fraction of sp³-hybridized carbons (Fsp3) is 0.677. The normalized spacial score (nSPS) is 26.0. The first kappa shape index (κ1) is 64.9. The Balaban J connectivity index is 1.59. The van der Waals surface area contributed by atoms with Gasteiger partial charge in [0.05, 0.1) is 0 Å². The molecule has 3 saturated heterocycles. The number of carbonyl (C=O) groups is 8. The number of rotatable bonds is 14. The predicted octanol–water partition coefficient (Wildman–Crippen LogP) is 7.45. The molecule has 18 heteroatoms. The molecule has 3 fully saturated rings. The SMILES string of the molecule is CC(C)C[C@H]1C(=O)O[C@H](Cc2ccc(C3CCOCC3)cc2)C(=O)N(C)[C@@H](CC(C)C)C(=O)O[C@H](C)C(=O)N(C)[C@@H](CC(C)C)C(=O)O[C@H](Cc2ccc(C3CCOCC3)cc2)C(=O)N(C)[C@@H](CC(C)C)C(=O)O[C@H](C)C(=O)N1C. The number of likely N-dealkylation sites (N-methyl/N-ethyl adjacent to an activating group) is 4. The van der Waals surface area contributed by atoms with Crippen molar-refractivity contribution in [3.63, 3.8) is 0 Å². The summed E-state index contributed by atoms with van der Waals surface area (Å²) >= 11 is 0. The van der Waals surface area contributed by atoms with Crippen LogP contribution in [0.4, 0.5) is 0 Å². The lowest BCUT2D eigenvalue weighted by atomic mass is 9.90. The molecule has 5 rings (SSSR count). The third-order valence-electron chi connectivity index (χ3n) is 15.7. The van der Waals surface area contributed by atoms with Crippen molar-refractivity contribution in [1.29, 1.82) is 0 Å². The first-order valence-electron chi connectivity index (χ1n) is 29.0. The Morgan fingerprint density at radius 2 is 0.637 bits per heavy atom. The number of hydrogen-bond acceptors (Lipinski definition) is 14. The van der Waals surface area contributed by atoms with Gasteiger partial charge in [-0.05, 0) is 123 Å². The molecule has 80 heavy (non-hydrogen) atoms. The lowest BCUT2D eigenvalue weighted by molar-refractivity contribution is -0.176. The summed E-state index contributed by atoms with van der Waals surface area (Å²) in [4.78, 5) is 122. The zero-order valence-electron chi connectivity index (χ0n) is 50.1. The molecule has 3 aliphatic rings. The molecule has 3 heterocycles. The quantitative estimate of drug-likeness (QED) is 0.133. The summed E-state index contributed by atoms with van der Waals surface area (Å²) in [6.45, 7) is 20.3.